The van der Waals surface area contributed by atoms with Crippen LogP contribution in [-0.2, 0) is 37.3 Å². The fourth-order valence-corrected chi connectivity index (χ4v) is 8.77. The summed E-state index contributed by atoms with van der Waals surface area (Å²) in [6, 6.07) is 12.1. The van der Waals surface area contributed by atoms with Crippen molar-refractivity contribution in [3.05, 3.63) is 79.8 Å². The van der Waals surface area contributed by atoms with E-state index in [9.17, 15) is 32.3 Å². The van der Waals surface area contributed by atoms with Crippen molar-refractivity contribution in [2.24, 2.45) is 5.92 Å². The van der Waals surface area contributed by atoms with Gasteiger partial charge in [0.2, 0.25) is 17.7 Å². The maximum atomic E-state index is 14.1. The van der Waals surface area contributed by atoms with Gasteiger partial charge < -0.3 is 9.64 Å². The zero-order valence-corrected chi connectivity index (χ0v) is 25.9. The monoisotopic (exact) mass is 645 g/mol. The molecule has 0 radical (unpaired) electrons. The molecule has 8 nitrogen and oxygen atoms in total. The van der Waals surface area contributed by atoms with Crippen LogP contribution >= 0.6 is 23.1 Å². The molecule has 2 aromatic carbocycles. The molecule has 232 valence electrons. The number of carbonyl (C=O) groups excluding carboxylic acids is 3. The Morgan fingerprint density at radius 3 is 2.25 bits per heavy atom. The second-order valence-corrected chi connectivity index (χ2v) is 14.2. The first-order valence-electron chi connectivity index (χ1n) is 14.2. The standard InChI is InChI=1S/C31H30F3N3O5S2/c1-30(2,3)18-10-8-17(9-11-18)22-23-24(27(40)37(26(23)39)20-7-5-4-6-19(20)31(32,33)34)43-28-25(22)44-29(41)36(28)16-21(38)35-12-14-42-15-13-35/h4-11,22-24H,12-16H2,1-3H3. The number of halogens is 3. The van der Waals surface area contributed by atoms with Crippen LogP contribution in [0.3, 0.4) is 0 Å². The minimum absolute atomic E-state index is 0.167. The summed E-state index contributed by atoms with van der Waals surface area (Å²) in [7, 11) is 0. The quantitative estimate of drug-likeness (QED) is 0.376. The molecule has 3 aromatic rings. The molecule has 13 heteroatoms. The molecule has 3 unspecified atom stereocenters. The van der Waals surface area contributed by atoms with E-state index in [1.807, 2.05) is 24.3 Å². The fourth-order valence-electron chi connectivity index (χ4n) is 6.00. The first kappa shape index (κ1) is 30.6. The number of hydrogen-bond acceptors (Lipinski definition) is 7. The zero-order valence-electron chi connectivity index (χ0n) is 24.2. The number of morpholine rings is 1. The van der Waals surface area contributed by atoms with Crippen molar-refractivity contribution in [3.63, 3.8) is 0 Å². The van der Waals surface area contributed by atoms with Crippen LogP contribution in [0.5, 0.6) is 0 Å². The van der Waals surface area contributed by atoms with Crippen LogP contribution in [0.25, 0.3) is 0 Å². The molecule has 3 aliphatic rings. The van der Waals surface area contributed by atoms with Gasteiger partial charge in [-0.15, -0.1) is 0 Å². The van der Waals surface area contributed by atoms with E-state index in [0.717, 1.165) is 40.8 Å². The first-order valence-corrected chi connectivity index (χ1v) is 15.9. The van der Waals surface area contributed by atoms with E-state index in [2.05, 4.69) is 20.8 Å². The molecule has 0 bridgehead atoms. The fraction of sp³-hybridized carbons (Fsp3) is 0.419. The van der Waals surface area contributed by atoms with E-state index >= 15 is 0 Å². The van der Waals surface area contributed by atoms with Gasteiger partial charge in [0.05, 0.1) is 35.4 Å². The van der Waals surface area contributed by atoms with E-state index in [1.54, 1.807) is 4.90 Å². The first-order chi connectivity index (χ1) is 20.8. The van der Waals surface area contributed by atoms with Gasteiger partial charge in [0, 0.05) is 23.9 Å². The number of hydrogen-bond donors (Lipinski definition) is 0. The Hall–Kier alpha value is -3.42. The molecule has 4 heterocycles. The number of benzene rings is 2. The van der Waals surface area contributed by atoms with Gasteiger partial charge in [0.15, 0.2) is 0 Å². The van der Waals surface area contributed by atoms with Crippen molar-refractivity contribution < 1.29 is 32.3 Å². The van der Waals surface area contributed by atoms with E-state index < -0.39 is 51.2 Å². The lowest BCUT2D eigenvalue weighted by molar-refractivity contribution is -0.137. The Morgan fingerprint density at radius 1 is 0.955 bits per heavy atom. The number of fused-ring (bicyclic) bond motifs is 2. The van der Waals surface area contributed by atoms with Crippen LogP contribution in [0.2, 0.25) is 0 Å². The number of imide groups is 1. The Morgan fingerprint density at radius 2 is 1.61 bits per heavy atom. The van der Waals surface area contributed by atoms with E-state index in [4.69, 9.17) is 4.74 Å². The lowest BCUT2D eigenvalue weighted by Gasteiger charge is -2.31. The third-order valence-electron chi connectivity index (χ3n) is 8.29. The number of para-hydroxylation sites is 1. The summed E-state index contributed by atoms with van der Waals surface area (Å²) in [5.41, 5.74) is -0.0802. The number of carbonyl (C=O) groups is 3. The molecule has 44 heavy (non-hydrogen) atoms. The summed E-state index contributed by atoms with van der Waals surface area (Å²) in [6.45, 7) is 7.47. The highest BCUT2D eigenvalue weighted by atomic mass is 32.2. The van der Waals surface area contributed by atoms with Crippen molar-refractivity contribution in [2.45, 2.75) is 55.1 Å². The molecule has 1 aromatic heterocycles. The minimum Gasteiger partial charge on any atom is -0.378 e. The number of thiazole rings is 1. The maximum Gasteiger partial charge on any atom is 0.418 e. The molecular weight excluding hydrogens is 615 g/mol. The molecule has 3 amide bonds. The second kappa shape index (κ2) is 11.2. The van der Waals surface area contributed by atoms with E-state index in [-0.39, 0.29) is 17.9 Å². The largest absolute Gasteiger partial charge is 0.418 e. The number of ether oxygens (including phenoxy) is 1. The van der Waals surface area contributed by atoms with Crippen molar-refractivity contribution in [1.82, 2.24) is 9.47 Å². The van der Waals surface area contributed by atoms with Gasteiger partial charge in [-0.25, -0.2) is 4.90 Å². The highest BCUT2D eigenvalue weighted by Crippen LogP contribution is 2.54. The SMILES string of the molecule is CC(C)(C)c1ccc(C2c3sc(=O)n(CC(=O)N4CCOCC4)c3SC3C(=O)N(c4ccccc4C(F)(F)F)C(=O)C32)cc1. The molecule has 2 fully saturated rings. The molecular formula is C31H30F3N3O5S2. The van der Waals surface area contributed by atoms with E-state index in [1.165, 1.54) is 16.7 Å². The average molecular weight is 646 g/mol. The third kappa shape index (κ3) is 5.28. The molecule has 3 atom stereocenters. The maximum absolute atomic E-state index is 14.1. The highest BCUT2D eigenvalue weighted by molar-refractivity contribution is 8.00. The summed E-state index contributed by atoms with van der Waals surface area (Å²) in [5.74, 6) is -3.64. The Labute approximate surface area is 259 Å². The number of nitrogens with zero attached hydrogens (tertiary/aromatic N) is 3. The summed E-state index contributed by atoms with van der Waals surface area (Å²) in [6.07, 6.45) is -4.79. The Balaban J connectivity index is 1.46. The van der Waals surface area contributed by atoms with Crippen molar-refractivity contribution in [2.75, 3.05) is 31.2 Å². The van der Waals surface area contributed by atoms with Crippen LogP contribution in [0.1, 0.15) is 48.3 Å². The number of amides is 3. The predicted molar refractivity (Wildman–Crippen MR) is 160 cm³/mol. The molecule has 2 saturated heterocycles. The number of thioether (sulfide) groups is 1. The highest BCUT2D eigenvalue weighted by Gasteiger charge is 2.57. The van der Waals surface area contributed by atoms with E-state index in [0.29, 0.717) is 46.7 Å². The summed E-state index contributed by atoms with van der Waals surface area (Å²) in [4.78, 5) is 57.0. The zero-order chi connectivity index (χ0) is 31.6. The molecule has 0 aliphatic carbocycles. The molecule has 6 rings (SSSR count). The number of rotatable bonds is 4. The lowest BCUT2D eigenvalue weighted by Crippen LogP contribution is -2.43. The molecule has 3 aliphatic heterocycles. The van der Waals surface area contributed by atoms with Gasteiger partial charge >= 0.3 is 11.0 Å². The number of alkyl halides is 3. The van der Waals surface area contributed by atoms with Crippen molar-refractivity contribution in [3.8, 4) is 0 Å². The van der Waals surface area contributed by atoms with Crippen LogP contribution in [-0.4, -0.2) is 58.7 Å². The lowest BCUT2D eigenvalue weighted by atomic mass is 9.81. The van der Waals surface area contributed by atoms with Crippen LogP contribution < -0.4 is 9.77 Å². The summed E-state index contributed by atoms with van der Waals surface area (Å²) < 4.78 is 48.7. The van der Waals surface area contributed by atoms with Gasteiger partial charge in [-0.1, -0.05) is 80.3 Å². The van der Waals surface area contributed by atoms with Gasteiger partial charge in [-0.3, -0.25) is 23.7 Å². The average Bonchev–Trinajstić information content (AvgIpc) is 3.42. The Kier molecular flexibility index (Phi) is 7.78. The predicted octanol–water partition coefficient (Wildman–Crippen LogP) is 4.88. The molecule has 0 spiro atoms. The van der Waals surface area contributed by atoms with Crippen LogP contribution in [0.4, 0.5) is 18.9 Å². The van der Waals surface area contributed by atoms with Gasteiger partial charge in [0.1, 0.15) is 11.8 Å². The number of anilines is 1. The Bertz CT molecular complexity index is 1690. The number of aromatic nitrogens is 1. The van der Waals surface area contributed by atoms with Crippen molar-refractivity contribution >= 4 is 46.5 Å². The topological polar surface area (TPSA) is 88.9 Å². The molecule has 0 N–H and O–H groups in total. The summed E-state index contributed by atoms with van der Waals surface area (Å²) >= 11 is 1.88. The van der Waals surface area contributed by atoms with Crippen molar-refractivity contribution in [1.29, 1.82) is 0 Å². The van der Waals surface area contributed by atoms with Gasteiger partial charge in [0.25, 0.3) is 0 Å². The normalized spacial score (nSPS) is 22.3. The van der Waals surface area contributed by atoms with Crippen LogP contribution in [0, 0.1) is 5.92 Å². The van der Waals surface area contributed by atoms with Gasteiger partial charge in [-0.2, -0.15) is 13.2 Å². The van der Waals surface area contributed by atoms with Crippen LogP contribution in [0.15, 0.2) is 58.4 Å². The molecule has 0 saturated carbocycles. The second-order valence-electron chi connectivity index (χ2n) is 12.1. The van der Waals surface area contributed by atoms with Gasteiger partial charge in [-0.05, 0) is 28.7 Å². The summed E-state index contributed by atoms with van der Waals surface area (Å²) in [5, 5.41) is -0.706. The third-order valence-corrected chi connectivity index (χ3v) is 10.9. The minimum atomic E-state index is -4.79. The smallest absolute Gasteiger partial charge is 0.378 e.